The molecule has 0 unspecified atom stereocenters. The molecule has 4 aliphatic rings. The van der Waals surface area contributed by atoms with Crippen LogP contribution in [0.4, 0.5) is 13.2 Å². The lowest BCUT2D eigenvalue weighted by molar-refractivity contribution is -0.154. The molecule has 2 aliphatic heterocycles. The second-order valence-electron chi connectivity index (χ2n) is 12.3. The summed E-state index contributed by atoms with van der Waals surface area (Å²) in [6.45, 7) is 1.48. The molecule has 6 nitrogen and oxygen atoms in total. The first kappa shape index (κ1) is 28.7. The van der Waals surface area contributed by atoms with Gasteiger partial charge in [0, 0.05) is 31.3 Å². The maximum atomic E-state index is 13.4. The van der Waals surface area contributed by atoms with Crippen LogP contribution in [0.25, 0.3) is 6.08 Å². The number of piperidine rings is 1. The second kappa shape index (κ2) is 10.2. The quantitative estimate of drug-likeness (QED) is 0.303. The van der Waals surface area contributed by atoms with Crippen molar-refractivity contribution in [1.29, 1.82) is 0 Å². The molecule has 3 aromatic carbocycles. The normalized spacial score (nSPS) is 28.5. The Balaban J connectivity index is 1.21. The van der Waals surface area contributed by atoms with Gasteiger partial charge in [0.25, 0.3) is 0 Å². The van der Waals surface area contributed by atoms with Gasteiger partial charge < -0.3 is 19.8 Å². The van der Waals surface area contributed by atoms with Gasteiger partial charge in [-0.3, -0.25) is 9.69 Å². The molecule has 44 heavy (non-hydrogen) atoms. The number of hydrogen-bond donors (Lipinski definition) is 2. The van der Waals surface area contributed by atoms with Crippen molar-refractivity contribution in [3.8, 4) is 11.5 Å². The summed E-state index contributed by atoms with van der Waals surface area (Å²) in [5.74, 6) is -0.0660. The van der Waals surface area contributed by atoms with Crippen molar-refractivity contribution in [3.05, 3.63) is 113 Å². The topological polar surface area (TPSA) is 73.2 Å². The van der Waals surface area contributed by atoms with Crippen LogP contribution >= 0.6 is 0 Å². The molecule has 3 aromatic rings. The van der Waals surface area contributed by atoms with E-state index in [1.165, 1.54) is 34.7 Å². The lowest BCUT2D eigenvalue weighted by Gasteiger charge is -2.62. The standard InChI is InChI=1S/C35H33F3N2O4/c1-39(29(42)13-10-23-8-5-9-25(20-23)35(36,37)38)26-14-16-34(43)28-21-24-11-12-27(41)31-30(24)33(34,32(26)44-31)17-19-40(28)18-15-22-6-3-2-4-7-22/h2-14,16,20,26,28,32,41,43H,15,17-19,21H2,1H3/t26-,28-,32+,33+,34-/m1/s1. The second-order valence-corrected chi connectivity index (χ2v) is 12.3. The Morgan fingerprint density at radius 3 is 2.70 bits per heavy atom. The van der Waals surface area contributed by atoms with Crippen molar-refractivity contribution in [3.63, 3.8) is 0 Å². The minimum atomic E-state index is -4.48. The van der Waals surface area contributed by atoms with Gasteiger partial charge in [0.15, 0.2) is 11.5 Å². The van der Waals surface area contributed by atoms with E-state index in [4.69, 9.17) is 4.74 Å². The molecular weight excluding hydrogens is 569 g/mol. The summed E-state index contributed by atoms with van der Waals surface area (Å²) in [6.07, 6.45) is 3.08. The fourth-order valence-electron chi connectivity index (χ4n) is 7.94. The highest BCUT2D eigenvalue weighted by Crippen LogP contribution is 2.64. The Kier molecular flexibility index (Phi) is 6.68. The number of halogens is 3. The van der Waals surface area contributed by atoms with E-state index in [1.54, 1.807) is 19.2 Å². The van der Waals surface area contributed by atoms with Crippen molar-refractivity contribution in [2.45, 2.75) is 54.6 Å². The first-order valence-electron chi connectivity index (χ1n) is 14.9. The summed E-state index contributed by atoms with van der Waals surface area (Å²) in [6, 6.07) is 17.8. The maximum absolute atomic E-state index is 13.4. The fraction of sp³-hybridized carbons (Fsp3) is 0.343. The van der Waals surface area contributed by atoms with Crippen molar-refractivity contribution in [1.82, 2.24) is 9.80 Å². The summed E-state index contributed by atoms with van der Waals surface area (Å²) >= 11 is 0. The molecule has 2 bridgehead atoms. The fourth-order valence-corrected chi connectivity index (χ4v) is 7.94. The lowest BCUT2D eigenvalue weighted by atomic mass is 9.50. The molecular formula is C35H33F3N2O4. The van der Waals surface area contributed by atoms with Crippen LogP contribution in [0, 0.1) is 0 Å². The molecule has 228 valence electrons. The molecule has 2 N–H and O–H groups in total. The molecule has 1 saturated heterocycles. The zero-order chi connectivity index (χ0) is 30.9. The number of rotatable bonds is 6. The molecule has 0 saturated carbocycles. The van der Waals surface area contributed by atoms with Crippen molar-refractivity contribution < 1.29 is 32.9 Å². The van der Waals surface area contributed by atoms with E-state index in [1.807, 2.05) is 30.3 Å². The summed E-state index contributed by atoms with van der Waals surface area (Å²) in [5.41, 5.74) is 0.344. The SMILES string of the molecule is CN(C(=O)C=Cc1cccc(C(F)(F)F)c1)[C@@H]1C=C[C@@]2(O)[C@H]3Cc4ccc(O)c5c4[C@@]2(CCN3CCc2ccccc2)[C@H]1O5. The smallest absolute Gasteiger partial charge is 0.416 e. The molecule has 1 fully saturated rings. The van der Waals surface area contributed by atoms with Gasteiger partial charge in [0.05, 0.1) is 17.0 Å². The first-order chi connectivity index (χ1) is 21.0. The Morgan fingerprint density at radius 1 is 1.14 bits per heavy atom. The van der Waals surface area contributed by atoms with Crippen LogP contribution in [0.2, 0.25) is 0 Å². The van der Waals surface area contributed by atoms with Crippen molar-refractivity contribution >= 4 is 12.0 Å². The third kappa shape index (κ3) is 4.28. The van der Waals surface area contributed by atoms with Gasteiger partial charge in [0.2, 0.25) is 5.91 Å². The van der Waals surface area contributed by atoms with Crippen molar-refractivity contribution in [2.75, 3.05) is 20.1 Å². The highest BCUT2D eigenvalue weighted by molar-refractivity contribution is 5.92. The van der Waals surface area contributed by atoms with Gasteiger partial charge in [-0.05, 0) is 66.8 Å². The number of ether oxygens (including phenoxy) is 1. The van der Waals surface area contributed by atoms with E-state index >= 15 is 0 Å². The predicted octanol–water partition coefficient (Wildman–Crippen LogP) is 5.12. The molecule has 1 amide bonds. The van der Waals surface area contributed by atoms with Gasteiger partial charge >= 0.3 is 6.18 Å². The number of nitrogens with zero attached hydrogens (tertiary/aromatic N) is 2. The van der Waals surface area contributed by atoms with Crippen LogP contribution in [-0.2, 0) is 29.2 Å². The van der Waals surface area contributed by atoms with Gasteiger partial charge in [-0.15, -0.1) is 0 Å². The molecule has 5 atom stereocenters. The molecule has 2 heterocycles. The number of aromatic hydroxyl groups is 1. The number of phenols is 1. The van der Waals surface area contributed by atoms with Crippen LogP contribution < -0.4 is 4.74 Å². The van der Waals surface area contributed by atoms with E-state index in [0.29, 0.717) is 25.1 Å². The zero-order valence-corrected chi connectivity index (χ0v) is 24.2. The summed E-state index contributed by atoms with van der Waals surface area (Å²) in [5, 5.41) is 23.5. The largest absolute Gasteiger partial charge is 0.504 e. The van der Waals surface area contributed by atoms with Crippen LogP contribution in [0.5, 0.6) is 11.5 Å². The van der Waals surface area contributed by atoms with E-state index in [2.05, 4.69) is 17.0 Å². The van der Waals surface area contributed by atoms with Crippen molar-refractivity contribution in [2.24, 2.45) is 0 Å². The maximum Gasteiger partial charge on any atom is 0.416 e. The molecule has 1 spiro atoms. The minimum absolute atomic E-state index is 0.00277. The number of alkyl halides is 3. The Labute approximate surface area is 253 Å². The predicted molar refractivity (Wildman–Crippen MR) is 159 cm³/mol. The molecule has 9 heteroatoms. The number of phenolic OH excluding ortho intramolecular Hbond substituents is 1. The monoisotopic (exact) mass is 602 g/mol. The number of carbonyl (C=O) groups is 1. The Morgan fingerprint density at radius 2 is 1.93 bits per heavy atom. The average Bonchev–Trinajstić information content (AvgIpc) is 3.36. The molecule has 2 aliphatic carbocycles. The molecule has 0 radical (unpaired) electrons. The third-order valence-electron chi connectivity index (χ3n) is 10.1. The zero-order valence-electron chi connectivity index (χ0n) is 24.2. The average molecular weight is 603 g/mol. The van der Waals surface area contributed by atoms with Gasteiger partial charge in [-0.1, -0.05) is 60.7 Å². The van der Waals surface area contributed by atoms with Gasteiger partial charge in [0.1, 0.15) is 11.7 Å². The first-order valence-corrected chi connectivity index (χ1v) is 14.9. The molecule has 0 aromatic heterocycles. The lowest BCUT2D eigenvalue weighted by Crippen LogP contribution is -2.76. The Hall–Kier alpha value is -4.08. The van der Waals surface area contributed by atoms with E-state index < -0.39 is 40.8 Å². The van der Waals surface area contributed by atoms with Gasteiger partial charge in [-0.25, -0.2) is 0 Å². The van der Waals surface area contributed by atoms with Crippen LogP contribution in [0.15, 0.2) is 85.0 Å². The summed E-state index contributed by atoms with van der Waals surface area (Å²) in [4.78, 5) is 17.3. The number of likely N-dealkylation sites (N-methyl/N-ethyl adjacent to an activating group) is 1. The van der Waals surface area contributed by atoms with Crippen LogP contribution in [0.1, 0.15) is 34.2 Å². The number of carbonyl (C=O) groups excluding carboxylic acids is 1. The number of amides is 1. The number of aliphatic hydroxyl groups is 1. The van der Waals surface area contributed by atoms with Gasteiger partial charge in [-0.2, -0.15) is 13.2 Å². The highest BCUT2D eigenvalue weighted by atomic mass is 19.4. The van der Waals surface area contributed by atoms with Crippen LogP contribution in [0.3, 0.4) is 0 Å². The summed E-state index contributed by atoms with van der Waals surface area (Å²) < 4.78 is 46.1. The van der Waals surface area contributed by atoms with E-state index in [9.17, 15) is 28.2 Å². The minimum Gasteiger partial charge on any atom is -0.504 e. The van der Waals surface area contributed by atoms with Crippen LogP contribution in [-0.4, -0.2) is 69.8 Å². The Bertz CT molecular complexity index is 1670. The third-order valence-corrected chi connectivity index (χ3v) is 10.1. The number of hydrogen-bond acceptors (Lipinski definition) is 5. The number of benzene rings is 3. The highest BCUT2D eigenvalue weighted by Gasteiger charge is 2.72. The van der Waals surface area contributed by atoms with E-state index in [0.717, 1.165) is 36.2 Å². The molecule has 7 rings (SSSR count). The summed E-state index contributed by atoms with van der Waals surface area (Å²) in [7, 11) is 1.62. The van der Waals surface area contributed by atoms with E-state index in [-0.39, 0.29) is 17.4 Å². The number of likely N-dealkylation sites (tertiary alicyclic amines) is 1.